The fraction of sp³-hybridized carbons (Fsp3) is 0.273. The molecule has 2 aromatic heterocycles. The Hall–Kier alpha value is -1.89. The Labute approximate surface area is 105 Å². The summed E-state index contributed by atoms with van der Waals surface area (Å²) in [6, 6.07) is 3.60. The molecule has 0 unspecified atom stereocenters. The lowest BCUT2D eigenvalue weighted by Gasteiger charge is -2.03. The van der Waals surface area contributed by atoms with Gasteiger partial charge in [0.1, 0.15) is 4.90 Å². The van der Waals surface area contributed by atoms with E-state index in [1.807, 2.05) is 6.07 Å². The van der Waals surface area contributed by atoms with Crippen LogP contribution in [-0.4, -0.2) is 36.5 Å². The van der Waals surface area contributed by atoms with Gasteiger partial charge in [-0.1, -0.05) is 0 Å². The minimum absolute atomic E-state index is 0.212. The summed E-state index contributed by atoms with van der Waals surface area (Å²) in [6.45, 7) is 0.467. The smallest absolute Gasteiger partial charge is 0.213 e. The van der Waals surface area contributed by atoms with Crippen molar-refractivity contribution in [3.05, 3.63) is 36.3 Å². The number of aromatic nitrogens is 3. The summed E-state index contributed by atoms with van der Waals surface area (Å²) >= 11 is 0. The largest absolute Gasteiger partial charge is 0.481 e. The highest BCUT2D eigenvalue weighted by Crippen LogP contribution is 2.11. The van der Waals surface area contributed by atoms with Crippen molar-refractivity contribution in [3.63, 3.8) is 0 Å². The van der Waals surface area contributed by atoms with Crippen LogP contribution in [0, 0.1) is 0 Å². The van der Waals surface area contributed by atoms with Crippen LogP contribution in [0.3, 0.4) is 0 Å². The summed E-state index contributed by atoms with van der Waals surface area (Å²) in [4.78, 5) is 4.21. The summed E-state index contributed by atoms with van der Waals surface area (Å²) < 4.78 is 29.2. The summed E-state index contributed by atoms with van der Waals surface area (Å²) in [5, 5.41) is 4.01. The third-order valence-corrected chi connectivity index (χ3v) is 3.46. The molecule has 0 atom stereocenters. The lowest BCUT2D eigenvalue weighted by Crippen LogP contribution is -2.01. The molecule has 0 amide bonds. The van der Waals surface area contributed by atoms with Crippen LogP contribution in [0.15, 0.2) is 35.6 Å². The van der Waals surface area contributed by atoms with Crippen molar-refractivity contribution in [3.8, 4) is 5.88 Å². The number of nitrogens with zero attached hydrogens (tertiary/aromatic N) is 3. The Kier molecular flexibility index (Phi) is 3.33. The van der Waals surface area contributed by atoms with Crippen LogP contribution in [0.25, 0.3) is 0 Å². The second-order valence-electron chi connectivity index (χ2n) is 3.85. The van der Waals surface area contributed by atoms with Crippen molar-refractivity contribution < 1.29 is 13.2 Å². The first-order valence-electron chi connectivity index (χ1n) is 5.20. The number of rotatable bonds is 4. The fourth-order valence-corrected chi connectivity index (χ4v) is 2.02. The molecule has 18 heavy (non-hydrogen) atoms. The molecule has 0 aliphatic heterocycles. The van der Waals surface area contributed by atoms with Gasteiger partial charge in [0.25, 0.3) is 0 Å². The van der Waals surface area contributed by atoms with Crippen LogP contribution in [0.4, 0.5) is 0 Å². The van der Waals surface area contributed by atoms with E-state index in [0.717, 1.165) is 11.8 Å². The maximum Gasteiger partial charge on any atom is 0.213 e. The van der Waals surface area contributed by atoms with Crippen LogP contribution < -0.4 is 4.74 Å². The number of ether oxygens (including phenoxy) is 1. The van der Waals surface area contributed by atoms with Gasteiger partial charge in [0, 0.05) is 24.7 Å². The Bertz CT molecular complexity index is 649. The normalized spacial score (nSPS) is 11.4. The molecule has 96 valence electrons. The summed E-state index contributed by atoms with van der Waals surface area (Å²) in [6.07, 6.45) is 5.63. The SMILES string of the molecule is COc1cc(Cn2cc(S(C)(=O)=O)cn2)ccn1. The highest BCUT2D eigenvalue weighted by atomic mass is 32.2. The second kappa shape index (κ2) is 4.77. The van der Waals surface area contributed by atoms with Crippen LogP contribution in [-0.2, 0) is 16.4 Å². The maximum absolute atomic E-state index is 11.3. The predicted molar refractivity (Wildman–Crippen MR) is 65.2 cm³/mol. The molecular formula is C11H13N3O3S. The Morgan fingerprint density at radius 1 is 1.44 bits per heavy atom. The molecule has 7 heteroatoms. The van der Waals surface area contributed by atoms with Crippen molar-refractivity contribution in [1.82, 2.24) is 14.8 Å². The predicted octanol–water partition coefficient (Wildman–Crippen LogP) is 0.738. The Morgan fingerprint density at radius 3 is 2.83 bits per heavy atom. The molecule has 0 saturated carbocycles. The zero-order valence-electron chi connectivity index (χ0n) is 10.1. The van der Waals surface area contributed by atoms with E-state index in [2.05, 4.69) is 10.1 Å². The number of pyridine rings is 1. The molecule has 2 rings (SSSR count). The van der Waals surface area contributed by atoms with Gasteiger partial charge >= 0.3 is 0 Å². The number of sulfone groups is 1. The fourth-order valence-electron chi connectivity index (χ4n) is 1.47. The standard InChI is InChI=1S/C11H13N3O3S/c1-17-11-5-9(3-4-12-11)7-14-8-10(6-13-14)18(2,15)16/h3-6,8H,7H2,1-2H3. The first-order valence-corrected chi connectivity index (χ1v) is 7.09. The molecule has 6 nitrogen and oxygen atoms in total. The molecule has 0 aromatic carbocycles. The molecule has 0 radical (unpaired) electrons. The van der Waals surface area contributed by atoms with Crippen LogP contribution in [0.5, 0.6) is 5.88 Å². The molecule has 0 spiro atoms. The third kappa shape index (κ3) is 2.86. The van der Waals surface area contributed by atoms with E-state index in [1.54, 1.807) is 24.1 Å². The van der Waals surface area contributed by atoms with E-state index in [4.69, 9.17) is 4.74 Å². The van der Waals surface area contributed by atoms with Crippen molar-refractivity contribution >= 4 is 9.84 Å². The van der Waals surface area contributed by atoms with E-state index in [0.29, 0.717) is 12.4 Å². The average Bonchev–Trinajstić information content (AvgIpc) is 2.77. The molecule has 0 saturated heterocycles. The molecule has 0 fully saturated rings. The zero-order valence-corrected chi connectivity index (χ0v) is 10.9. The second-order valence-corrected chi connectivity index (χ2v) is 5.87. The van der Waals surface area contributed by atoms with Crippen LogP contribution in [0.1, 0.15) is 5.56 Å². The maximum atomic E-state index is 11.3. The van der Waals surface area contributed by atoms with Crippen LogP contribution in [0.2, 0.25) is 0 Å². The lowest BCUT2D eigenvalue weighted by atomic mass is 10.3. The lowest BCUT2D eigenvalue weighted by molar-refractivity contribution is 0.397. The monoisotopic (exact) mass is 267 g/mol. The van der Waals surface area contributed by atoms with Gasteiger partial charge in [0.15, 0.2) is 9.84 Å². The number of hydrogen-bond acceptors (Lipinski definition) is 5. The highest BCUT2D eigenvalue weighted by Gasteiger charge is 2.10. The van der Waals surface area contributed by atoms with E-state index in [1.165, 1.54) is 12.4 Å². The molecule has 0 aliphatic carbocycles. The molecule has 0 N–H and O–H groups in total. The van der Waals surface area contributed by atoms with Gasteiger partial charge in [-0.3, -0.25) is 4.68 Å². The van der Waals surface area contributed by atoms with Crippen molar-refractivity contribution in [1.29, 1.82) is 0 Å². The van der Waals surface area contributed by atoms with E-state index < -0.39 is 9.84 Å². The first kappa shape index (κ1) is 12.6. The first-order chi connectivity index (χ1) is 8.49. The van der Waals surface area contributed by atoms with Crippen molar-refractivity contribution in [2.45, 2.75) is 11.4 Å². The summed E-state index contributed by atoms with van der Waals surface area (Å²) in [5.74, 6) is 0.517. The minimum atomic E-state index is -3.21. The van der Waals surface area contributed by atoms with Gasteiger partial charge < -0.3 is 4.74 Å². The summed E-state index contributed by atoms with van der Waals surface area (Å²) in [7, 11) is -1.66. The minimum Gasteiger partial charge on any atom is -0.481 e. The van der Waals surface area contributed by atoms with Crippen LogP contribution >= 0.6 is 0 Å². The highest BCUT2D eigenvalue weighted by molar-refractivity contribution is 7.90. The number of hydrogen-bond donors (Lipinski definition) is 0. The quantitative estimate of drug-likeness (QED) is 0.816. The molecule has 0 bridgehead atoms. The molecule has 2 heterocycles. The van der Waals surface area contributed by atoms with Gasteiger partial charge in [0.2, 0.25) is 5.88 Å². The van der Waals surface area contributed by atoms with Gasteiger partial charge in [-0.05, 0) is 11.6 Å². The van der Waals surface area contributed by atoms with E-state index >= 15 is 0 Å². The third-order valence-electron chi connectivity index (χ3n) is 2.39. The topological polar surface area (TPSA) is 74.1 Å². The van der Waals surface area contributed by atoms with Gasteiger partial charge in [0.05, 0.1) is 19.9 Å². The number of methoxy groups -OCH3 is 1. The molecule has 0 aliphatic rings. The Balaban J connectivity index is 2.21. The van der Waals surface area contributed by atoms with Gasteiger partial charge in [-0.2, -0.15) is 5.10 Å². The summed E-state index contributed by atoms with van der Waals surface area (Å²) in [5.41, 5.74) is 0.935. The average molecular weight is 267 g/mol. The Morgan fingerprint density at radius 2 is 2.22 bits per heavy atom. The van der Waals surface area contributed by atoms with E-state index in [-0.39, 0.29) is 4.90 Å². The van der Waals surface area contributed by atoms with Gasteiger partial charge in [-0.15, -0.1) is 0 Å². The zero-order chi connectivity index (χ0) is 13.2. The van der Waals surface area contributed by atoms with E-state index in [9.17, 15) is 8.42 Å². The van der Waals surface area contributed by atoms with Crippen molar-refractivity contribution in [2.75, 3.05) is 13.4 Å². The molecular weight excluding hydrogens is 254 g/mol. The van der Waals surface area contributed by atoms with Gasteiger partial charge in [-0.25, -0.2) is 13.4 Å². The van der Waals surface area contributed by atoms with Crippen molar-refractivity contribution in [2.24, 2.45) is 0 Å². The molecule has 2 aromatic rings.